The topological polar surface area (TPSA) is 182 Å². The molecule has 3 saturated carbocycles. The van der Waals surface area contributed by atoms with Gasteiger partial charge in [0, 0.05) is 35.4 Å². The summed E-state index contributed by atoms with van der Waals surface area (Å²) in [5, 5.41) is 6.33. The Kier molecular flexibility index (Phi) is 11.8. The maximum Gasteiger partial charge on any atom is 0.407 e. The predicted molar refractivity (Wildman–Crippen MR) is 237 cm³/mol. The van der Waals surface area contributed by atoms with Crippen LogP contribution in [-0.4, -0.2) is 90.9 Å². The number of likely N-dealkylation sites (tertiary alicyclic amines) is 1. The monoisotopic (exact) mass is 877 g/mol. The highest BCUT2D eigenvalue weighted by molar-refractivity contribution is 7.91. The van der Waals surface area contributed by atoms with Gasteiger partial charge in [0.1, 0.15) is 35.2 Å². The summed E-state index contributed by atoms with van der Waals surface area (Å²) in [6.45, 7) is 9.48. The van der Waals surface area contributed by atoms with E-state index in [2.05, 4.69) is 21.9 Å². The Labute approximate surface area is 368 Å². The lowest BCUT2D eigenvalue weighted by Gasteiger charge is -2.35. The van der Waals surface area contributed by atoms with Crippen molar-refractivity contribution in [2.24, 2.45) is 17.3 Å². The summed E-state index contributed by atoms with van der Waals surface area (Å²) in [5.41, 5.74) is 0.484. The molecule has 4 fully saturated rings. The second-order valence-corrected chi connectivity index (χ2v) is 20.6. The van der Waals surface area contributed by atoms with Crippen LogP contribution in [0.15, 0.2) is 97.6 Å². The molecule has 4 aromatic rings. The molecule has 1 aliphatic heterocycles. The van der Waals surface area contributed by atoms with Crippen molar-refractivity contribution in [3.8, 4) is 22.8 Å². The molecular formula is C48H55N5O9S. The Morgan fingerprint density at radius 1 is 0.984 bits per heavy atom. The zero-order chi connectivity index (χ0) is 44.7. The van der Waals surface area contributed by atoms with Gasteiger partial charge in [-0.25, -0.2) is 18.2 Å². The van der Waals surface area contributed by atoms with Crippen LogP contribution in [0.4, 0.5) is 4.79 Å². The summed E-state index contributed by atoms with van der Waals surface area (Å²) < 4.78 is 46.7. The molecule has 0 radical (unpaired) electrons. The molecule has 14 nitrogen and oxygen atoms in total. The lowest BCUT2D eigenvalue weighted by atomic mass is 9.85. The van der Waals surface area contributed by atoms with Crippen molar-refractivity contribution < 1.29 is 41.8 Å². The molecule has 1 aromatic heterocycles. The molecule has 15 heteroatoms. The molecule has 1 saturated heterocycles. The molecule has 2 heterocycles. The average Bonchev–Trinajstić information content (AvgIpc) is 4.21. The number of methoxy groups -OCH3 is 1. The highest BCUT2D eigenvalue weighted by Gasteiger charge is 2.63. The number of benzene rings is 3. The highest BCUT2D eigenvalue weighted by Crippen LogP contribution is 2.49. The maximum absolute atomic E-state index is 14.8. The van der Waals surface area contributed by atoms with Gasteiger partial charge in [0.2, 0.25) is 21.8 Å². The van der Waals surface area contributed by atoms with Crippen LogP contribution in [0.5, 0.6) is 11.5 Å². The van der Waals surface area contributed by atoms with Crippen molar-refractivity contribution >= 4 is 44.7 Å². The standard InChI is InChI=1S/C48H55N5O9S/c1-6-33-27-48(33,44(56)52-63(58,59)47(21-22-47)26-30-13-9-7-10-14-30)51-42(54)39-24-35(28-53(39)43(55)41(46(2,3)4)50-45(57)61-29-31-17-18-31)62-40-25-37(32-15-11-8-12-16-32)49-38-23-34(60-5)19-20-36(38)40/h6-16,19-20,23,25,31,33,35,39,41H,1,17-18,21-22,24,26-29H2,2-5H3,(H,50,57)(H,51,54)(H,52,56)/t33-,35+,39-,41+,48-/m0/s1. The van der Waals surface area contributed by atoms with E-state index >= 15 is 0 Å². The third-order valence-electron chi connectivity index (χ3n) is 12.7. The van der Waals surface area contributed by atoms with Crippen LogP contribution in [0.25, 0.3) is 22.2 Å². The fourth-order valence-electron chi connectivity index (χ4n) is 8.47. The third kappa shape index (κ3) is 9.25. The lowest BCUT2D eigenvalue weighted by molar-refractivity contribution is -0.142. The van der Waals surface area contributed by atoms with Gasteiger partial charge in [0.15, 0.2) is 0 Å². The molecule has 3 aliphatic carbocycles. The number of hydrogen-bond donors (Lipinski definition) is 3. The van der Waals surface area contributed by atoms with E-state index in [1.54, 1.807) is 40.0 Å². The number of hydrogen-bond acceptors (Lipinski definition) is 10. The number of pyridine rings is 1. The van der Waals surface area contributed by atoms with Crippen molar-refractivity contribution in [2.75, 3.05) is 20.3 Å². The van der Waals surface area contributed by atoms with E-state index < -0.39 is 73.6 Å². The Balaban J connectivity index is 1.08. The van der Waals surface area contributed by atoms with Crippen molar-refractivity contribution in [2.45, 2.75) is 94.2 Å². The van der Waals surface area contributed by atoms with Crippen LogP contribution in [0, 0.1) is 17.3 Å². The summed E-state index contributed by atoms with van der Waals surface area (Å²) in [6, 6.07) is 23.8. The first-order valence-electron chi connectivity index (χ1n) is 21.5. The van der Waals surface area contributed by atoms with Crippen LogP contribution < -0.4 is 24.8 Å². The fraction of sp³-hybridized carbons (Fsp3) is 0.438. The SMILES string of the molecule is C=C[C@H]1C[C@@]1(NC(=O)[C@@H]1C[C@@H](Oc2cc(-c3ccccc3)nc3cc(OC)ccc23)CN1C(=O)[C@@H](NC(=O)OCC1CC1)C(C)(C)C)C(=O)NS(=O)(=O)C1(Cc2ccccc2)CC1. The van der Waals surface area contributed by atoms with Gasteiger partial charge in [0.25, 0.3) is 5.91 Å². The number of rotatable bonds is 16. The molecule has 4 amide bonds. The third-order valence-corrected chi connectivity index (χ3v) is 14.9. The van der Waals surface area contributed by atoms with Crippen LogP contribution in [0.1, 0.15) is 64.9 Å². The molecule has 332 valence electrons. The van der Waals surface area contributed by atoms with E-state index in [0.717, 1.165) is 24.0 Å². The van der Waals surface area contributed by atoms with Crippen molar-refractivity contribution in [3.05, 3.63) is 103 Å². The number of nitrogens with zero attached hydrogens (tertiary/aromatic N) is 2. The minimum atomic E-state index is -4.17. The van der Waals surface area contributed by atoms with E-state index in [0.29, 0.717) is 46.9 Å². The number of carbonyl (C=O) groups is 4. The molecule has 0 spiro atoms. The average molecular weight is 878 g/mol. The summed E-state index contributed by atoms with van der Waals surface area (Å²) in [7, 11) is -2.60. The number of alkyl carbamates (subject to hydrolysis) is 1. The zero-order valence-electron chi connectivity index (χ0n) is 36.1. The van der Waals surface area contributed by atoms with Gasteiger partial charge in [-0.15, -0.1) is 6.58 Å². The second-order valence-electron chi connectivity index (χ2n) is 18.5. The number of ether oxygens (including phenoxy) is 3. The molecule has 4 aliphatic rings. The predicted octanol–water partition coefficient (Wildman–Crippen LogP) is 6.09. The first-order chi connectivity index (χ1) is 30.0. The molecule has 3 aromatic carbocycles. The van der Waals surface area contributed by atoms with Crippen LogP contribution in [0.3, 0.4) is 0 Å². The van der Waals surface area contributed by atoms with E-state index in [1.807, 2.05) is 72.8 Å². The number of amides is 4. The summed E-state index contributed by atoms with van der Waals surface area (Å²) in [5.74, 6) is -1.27. The van der Waals surface area contributed by atoms with Crippen molar-refractivity contribution in [1.82, 2.24) is 25.2 Å². The van der Waals surface area contributed by atoms with Gasteiger partial charge < -0.3 is 29.7 Å². The summed E-state index contributed by atoms with van der Waals surface area (Å²) >= 11 is 0. The molecule has 3 N–H and O–H groups in total. The largest absolute Gasteiger partial charge is 0.497 e. The Hall–Kier alpha value is -5.96. The minimum absolute atomic E-state index is 0.0101. The molecule has 0 unspecified atom stereocenters. The summed E-state index contributed by atoms with van der Waals surface area (Å²) in [4.78, 5) is 63.1. The Bertz CT molecular complexity index is 2520. The fourth-order valence-corrected chi connectivity index (χ4v) is 10.1. The first kappa shape index (κ1) is 43.7. The van der Waals surface area contributed by atoms with E-state index in [4.69, 9.17) is 19.2 Å². The van der Waals surface area contributed by atoms with Crippen molar-refractivity contribution in [3.63, 3.8) is 0 Å². The number of nitrogens with one attached hydrogen (secondary N) is 3. The highest BCUT2D eigenvalue weighted by atomic mass is 32.2. The van der Waals surface area contributed by atoms with Gasteiger partial charge in [0.05, 0.1) is 36.2 Å². The van der Waals surface area contributed by atoms with Gasteiger partial charge in [-0.2, -0.15) is 0 Å². The smallest absolute Gasteiger partial charge is 0.407 e. The molecule has 8 rings (SSSR count). The van der Waals surface area contributed by atoms with Crippen LogP contribution in [-0.2, 0) is 35.6 Å². The van der Waals surface area contributed by atoms with E-state index in [9.17, 15) is 27.6 Å². The maximum atomic E-state index is 14.8. The number of aromatic nitrogens is 1. The van der Waals surface area contributed by atoms with Gasteiger partial charge in [-0.3, -0.25) is 19.1 Å². The number of sulfonamides is 1. The zero-order valence-corrected chi connectivity index (χ0v) is 36.9. The van der Waals surface area contributed by atoms with E-state index in [1.165, 1.54) is 11.0 Å². The van der Waals surface area contributed by atoms with Crippen LogP contribution in [0.2, 0.25) is 0 Å². The minimum Gasteiger partial charge on any atom is -0.497 e. The molecular weight excluding hydrogens is 823 g/mol. The normalized spacial score (nSPS) is 22.9. The Morgan fingerprint density at radius 2 is 1.68 bits per heavy atom. The van der Waals surface area contributed by atoms with Crippen molar-refractivity contribution in [1.29, 1.82) is 0 Å². The van der Waals surface area contributed by atoms with Gasteiger partial charge in [-0.1, -0.05) is 87.5 Å². The molecule has 5 atom stereocenters. The lowest BCUT2D eigenvalue weighted by Crippen LogP contribution is -2.60. The number of fused-ring (bicyclic) bond motifs is 1. The quantitative estimate of drug-likeness (QED) is 0.111. The molecule has 63 heavy (non-hydrogen) atoms. The summed E-state index contributed by atoms with van der Waals surface area (Å²) in [6.07, 6.45) is 3.13. The van der Waals surface area contributed by atoms with Gasteiger partial charge in [-0.05, 0) is 67.6 Å². The second kappa shape index (κ2) is 17.0. The van der Waals surface area contributed by atoms with Gasteiger partial charge >= 0.3 is 6.09 Å². The number of carbonyl (C=O) groups excluding carboxylic acids is 4. The van der Waals surface area contributed by atoms with Crippen LogP contribution >= 0.6 is 0 Å². The van der Waals surface area contributed by atoms with E-state index in [-0.39, 0.29) is 32.4 Å². The molecule has 0 bridgehead atoms. The first-order valence-corrected chi connectivity index (χ1v) is 23.0. The Morgan fingerprint density at radius 3 is 2.30 bits per heavy atom.